The van der Waals surface area contributed by atoms with Crippen molar-refractivity contribution in [2.45, 2.75) is 33.3 Å². The minimum atomic E-state index is -0.622. The number of benzene rings is 2. The number of anilines is 1. The third-order valence-electron chi connectivity index (χ3n) is 3.49. The Bertz CT molecular complexity index is 696. The van der Waals surface area contributed by atoms with Crippen molar-refractivity contribution in [1.29, 1.82) is 0 Å². The lowest BCUT2D eigenvalue weighted by Crippen LogP contribution is -2.32. The lowest BCUT2D eigenvalue weighted by molar-refractivity contribution is -0.122. The first kappa shape index (κ1) is 17.6. The fraction of sp³-hybridized carbons (Fsp3) is 0.278. The van der Waals surface area contributed by atoms with Crippen molar-refractivity contribution in [1.82, 2.24) is 0 Å². The van der Waals surface area contributed by atoms with Crippen LogP contribution in [0.5, 0.6) is 5.75 Å². The Kier molecular flexibility index (Phi) is 5.91. The van der Waals surface area contributed by atoms with Gasteiger partial charge in [0.25, 0.3) is 5.91 Å². The lowest BCUT2D eigenvalue weighted by Gasteiger charge is -2.19. The Morgan fingerprint density at radius 2 is 1.83 bits per heavy atom. The van der Waals surface area contributed by atoms with Crippen LogP contribution in [0.2, 0.25) is 10.0 Å². The molecule has 0 saturated heterocycles. The Hall–Kier alpha value is -1.71. The van der Waals surface area contributed by atoms with Crippen LogP contribution in [0.1, 0.15) is 24.5 Å². The summed E-state index contributed by atoms with van der Waals surface area (Å²) in [5.41, 5.74) is 2.47. The van der Waals surface area contributed by atoms with Crippen molar-refractivity contribution in [2.24, 2.45) is 0 Å². The molecule has 0 aromatic heterocycles. The molecule has 5 heteroatoms. The highest BCUT2D eigenvalue weighted by atomic mass is 35.5. The summed E-state index contributed by atoms with van der Waals surface area (Å²) in [4.78, 5) is 12.5. The fourth-order valence-electron chi connectivity index (χ4n) is 2.13. The van der Waals surface area contributed by atoms with E-state index in [-0.39, 0.29) is 5.91 Å². The molecule has 1 amide bonds. The third kappa shape index (κ3) is 4.40. The Morgan fingerprint density at radius 3 is 2.43 bits per heavy atom. The molecule has 2 aromatic carbocycles. The molecule has 0 saturated carbocycles. The summed E-state index contributed by atoms with van der Waals surface area (Å²) in [6.07, 6.45) is -0.0933. The van der Waals surface area contributed by atoms with Crippen molar-refractivity contribution in [2.75, 3.05) is 5.32 Å². The van der Waals surface area contributed by atoms with Gasteiger partial charge in [0.15, 0.2) is 6.10 Å². The first-order valence-corrected chi connectivity index (χ1v) is 8.16. The maximum atomic E-state index is 12.5. The maximum Gasteiger partial charge on any atom is 0.265 e. The SMILES string of the molecule is CCC(Oc1cc(C)ccc1C)C(=O)Nc1c(Cl)cccc1Cl. The molecule has 2 rings (SSSR count). The van der Waals surface area contributed by atoms with Crippen LogP contribution in [0.3, 0.4) is 0 Å². The summed E-state index contributed by atoms with van der Waals surface area (Å²) in [6.45, 7) is 5.82. The van der Waals surface area contributed by atoms with E-state index in [4.69, 9.17) is 27.9 Å². The van der Waals surface area contributed by atoms with Gasteiger partial charge in [-0.25, -0.2) is 0 Å². The van der Waals surface area contributed by atoms with Gasteiger partial charge in [-0.3, -0.25) is 4.79 Å². The molecular weight excluding hydrogens is 333 g/mol. The Labute approximate surface area is 146 Å². The molecule has 0 fully saturated rings. The van der Waals surface area contributed by atoms with Gasteiger partial charge < -0.3 is 10.1 Å². The summed E-state index contributed by atoms with van der Waals surface area (Å²) < 4.78 is 5.89. The van der Waals surface area contributed by atoms with Crippen LogP contribution >= 0.6 is 23.2 Å². The molecule has 3 nitrogen and oxygen atoms in total. The van der Waals surface area contributed by atoms with E-state index >= 15 is 0 Å². The smallest absolute Gasteiger partial charge is 0.265 e. The predicted octanol–water partition coefficient (Wildman–Crippen LogP) is 5.41. The number of rotatable bonds is 5. The molecule has 2 aromatic rings. The van der Waals surface area contributed by atoms with E-state index in [1.54, 1.807) is 18.2 Å². The molecule has 1 N–H and O–H groups in total. The number of nitrogens with one attached hydrogen (secondary N) is 1. The van der Waals surface area contributed by atoms with Crippen LogP contribution in [-0.4, -0.2) is 12.0 Å². The highest BCUT2D eigenvalue weighted by molar-refractivity contribution is 6.39. The monoisotopic (exact) mass is 351 g/mol. The predicted molar refractivity (Wildman–Crippen MR) is 95.7 cm³/mol. The number of halogens is 2. The first-order valence-electron chi connectivity index (χ1n) is 7.41. The zero-order valence-electron chi connectivity index (χ0n) is 13.3. The van der Waals surface area contributed by atoms with E-state index in [9.17, 15) is 4.79 Å². The first-order chi connectivity index (χ1) is 10.9. The zero-order valence-corrected chi connectivity index (χ0v) is 14.8. The normalized spacial score (nSPS) is 11.9. The van der Waals surface area contributed by atoms with Crippen LogP contribution < -0.4 is 10.1 Å². The van der Waals surface area contributed by atoms with Gasteiger partial charge in [0.1, 0.15) is 5.75 Å². The van der Waals surface area contributed by atoms with Crippen LogP contribution in [0.25, 0.3) is 0 Å². The molecule has 0 aliphatic heterocycles. The van der Waals surface area contributed by atoms with Crippen LogP contribution in [0.4, 0.5) is 5.69 Å². The minimum absolute atomic E-state index is 0.275. The molecule has 0 aliphatic rings. The zero-order chi connectivity index (χ0) is 17.0. The summed E-state index contributed by atoms with van der Waals surface area (Å²) >= 11 is 12.2. The van der Waals surface area contributed by atoms with Gasteiger partial charge >= 0.3 is 0 Å². The van der Waals surface area contributed by atoms with E-state index in [1.807, 2.05) is 39.0 Å². The van der Waals surface area contributed by atoms with Gasteiger partial charge in [-0.15, -0.1) is 0 Å². The fourth-order valence-corrected chi connectivity index (χ4v) is 2.62. The van der Waals surface area contributed by atoms with Gasteiger partial charge in [-0.1, -0.05) is 48.3 Å². The van der Waals surface area contributed by atoms with Crippen LogP contribution in [0.15, 0.2) is 36.4 Å². The molecule has 0 bridgehead atoms. The second kappa shape index (κ2) is 7.71. The second-order valence-corrected chi connectivity index (χ2v) is 6.18. The highest BCUT2D eigenvalue weighted by Gasteiger charge is 2.21. The van der Waals surface area contributed by atoms with E-state index < -0.39 is 6.10 Å². The van der Waals surface area contributed by atoms with Crippen molar-refractivity contribution in [3.8, 4) is 5.75 Å². The average Bonchev–Trinajstić information content (AvgIpc) is 2.51. The Morgan fingerprint density at radius 1 is 1.17 bits per heavy atom. The second-order valence-electron chi connectivity index (χ2n) is 5.37. The largest absolute Gasteiger partial charge is 0.480 e. The van der Waals surface area contributed by atoms with Gasteiger partial charge in [0.2, 0.25) is 0 Å². The number of hydrogen-bond donors (Lipinski definition) is 1. The number of ether oxygens (including phenoxy) is 1. The minimum Gasteiger partial charge on any atom is -0.480 e. The van der Waals surface area contributed by atoms with Crippen molar-refractivity contribution in [3.63, 3.8) is 0 Å². The summed E-state index contributed by atoms with van der Waals surface area (Å²) in [5.74, 6) is 0.431. The molecular formula is C18H19Cl2NO2. The van der Waals surface area contributed by atoms with Crippen molar-refractivity contribution >= 4 is 34.8 Å². The van der Waals surface area contributed by atoms with Crippen molar-refractivity contribution in [3.05, 3.63) is 57.6 Å². The maximum absolute atomic E-state index is 12.5. The number of aryl methyl sites for hydroxylation is 2. The number of carbonyl (C=O) groups is 1. The number of amides is 1. The number of hydrogen-bond acceptors (Lipinski definition) is 2. The van der Waals surface area contributed by atoms with E-state index in [0.29, 0.717) is 27.9 Å². The van der Waals surface area contributed by atoms with Gasteiger partial charge in [0, 0.05) is 0 Å². The summed E-state index contributed by atoms with van der Waals surface area (Å²) in [5, 5.41) is 3.55. The van der Waals surface area contributed by atoms with Crippen molar-refractivity contribution < 1.29 is 9.53 Å². The molecule has 122 valence electrons. The lowest BCUT2D eigenvalue weighted by atomic mass is 10.1. The summed E-state index contributed by atoms with van der Waals surface area (Å²) in [7, 11) is 0. The third-order valence-corrected chi connectivity index (χ3v) is 4.12. The molecule has 0 heterocycles. The quantitative estimate of drug-likeness (QED) is 0.782. The van der Waals surface area contributed by atoms with E-state index in [0.717, 1.165) is 11.1 Å². The van der Waals surface area contributed by atoms with Gasteiger partial charge in [0.05, 0.1) is 15.7 Å². The topological polar surface area (TPSA) is 38.3 Å². The van der Waals surface area contributed by atoms with E-state index in [1.165, 1.54) is 0 Å². The summed E-state index contributed by atoms with van der Waals surface area (Å²) in [6, 6.07) is 11.0. The standard InChI is InChI=1S/C18H19Cl2NO2/c1-4-15(23-16-10-11(2)8-9-12(16)3)18(22)21-17-13(19)6-5-7-14(17)20/h5-10,15H,4H2,1-3H3,(H,21,22). The Balaban J connectivity index is 2.17. The molecule has 1 atom stereocenters. The highest BCUT2D eigenvalue weighted by Crippen LogP contribution is 2.30. The average molecular weight is 352 g/mol. The molecule has 0 spiro atoms. The molecule has 23 heavy (non-hydrogen) atoms. The van der Waals surface area contributed by atoms with Gasteiger partial charge in [-0.2, -0.15) is 0 Å². The van der Waals surface area contributed by atoms with Crippen LogP contribution in [-0.2, 0) is 4.79 Å². The van der Waals surface area contributed by atoms with Crippen LogP contribution in [0, 0.1) is 13.8 Å². The molecule has 0 aliphatic carbocycles. The number of carbonyl (C=O) groups excluding carboxylic acids is 1. The van der Waals surface area contributed by atoms with Gasteiger partial charge in [-0.05, 0) is 49.6 Å². The molecule has 1 unspecified atom stereocenters. The number of para-hydroxylation sites is 1. The van der Waals surface area contributed by atoms with E-state index in [2.05, 4.69) is 5.32 Å². The molecule has 0 radical (unpaired) electrons.